The van der Waals surface area contributed by atoms with Gasteiger partial charge in [-0.25, -0.2) is 0 Å². The summed E-state index contributed by atoms with van der Waals surface area (Å²) in [6.45, 7) is 5.17. The number of piperidine rings is 1. The number of hydrogen-bond donors (Lipinski definition) is 1. The molecule has 5 heteroatoms. The van der Waals surface area contributed by atoms with Crippen LogP contribution in [-0.4, -0.2) is 28.7 Å². The van der Waals surface area contributed by atoms with Crippen molar-refractivity contribution in [3.8, 4) is 0 Å². The van der Waals surface area contributed by atoms with Crippen molar-refractivity contribution in [2.75, 3.05) is 16.8 Å². The van der Waals surface area contributed by atoms with Gasteiger partial charge < -0.3 is 10.2 Å². The normalized spacial score (nSPS) is 17.6. The molecular formula is C19H24N4O. The summed E-state index contributed by atoms with van der Waals surface area (Å²) in [6.07, 6.45) is 4.81. The average Bonchev–Trinajstić information content (AvgIpc) is 2.62. The van der Waals surface area contributed by atoms with E-state index >= 15 is 0 Å². The zero-order valence-corrected chi connectivity index (χ0v) is 14.3. The van der Waals surface area contributed by atoms with Gasteiger partial charge in [0, 0.05) is 18.2 Å². The van der Waals surface area contributed by atoms with Crippen LogP contribution in [0, 0.1) is 6.92 Å². The van der Waals surface area contributed by atoms with Gasteiger partial charge in [0.15, 0.2) is 11.6 Å². The summed E-state index contributed by atoms with van der Waals surface area (Å²) >= 11 is 0. The molecule has 0 saturated carbocycles. The molecule has 0 bridgehead atoms. The van der Waals surface area contributed by atoms with Crippen molar-refractivity contribution >= 4 is 17.5 Å². The van der Waals surface area contributed by atoms with E-state index in [-0.39, 0.29) is 5.91 Å². The molecule has 24 heavy (non-hydrogen) atoms. The third-order valence-corrected chi connectivity index (χ3v) is 4.67. The Morgan fingerprint density at radius 1 is 1.21 bits per heavy atom. The van der Waals surface area contributed by atoms with E-state index in [1.165, 1.54) is 19.3 Å². The van der Waals surface area contributed by atoms with Gasteiger partial charge in [-0.1, -0.05) is 25.1 Å². The van der Waals surface area contributed by atoms with Crippen LogP contribution in [0.15, 0.2) is 36.4 Å². The van der Waals surface area contributed by atoms with Gasteiger partial charge in [0.05, 0.1) is 0 Å². The van der Waals surface area contributed by atoms with Gasteiger partial charge in [0.1, 0.15) is 0 Å². The topological polar surface area (TPSA) is 58.1 Å². The molecule has 1 fully saturated rings. The van der Waals surface area contributed by atoms with Gasteiger partial charge in [0.25, 0.3) is 5.91 Å². The minimum Gasteiger partial charge on any atom is -0.352 e. The smallest absolute Gasteiger partial charge is 0.257 e. The van der Waals surface area contributed by atoms with E-state index in [0.29, 0.717) is 17.4 Å². The van der Waals surface area contributed by atoms with Crippen molar-refractivity contribution in [1.29, 1.82) is 0 Å². The van der Waals surface area contributed by atoms with Crippen LogP contribution in [0.5, 0.6) is 0 Å². The molecular weight excluding hydrogens is 300 g/mol. The maximum Gasteiger partial charge on any atom is 0.257 e. The van der Waals surface area contributed by atoms with Gasteiger partial charge in [-0.05, 0) is 56.4 Å². The summed E-state index contributed by atoms with van der Waals surface area (Å²) in [5.74, 6) is 1.23. The molecule has 5 nitrogen and oxygen atoms in total. The predicted octanol–water partition coefficient (Wildman–Crippen LogP) is 3.81. The molecule has 1 aromatic heterocycles. The molecule has 2 aromatic rings. The first-order valence-corrected chi connectivity index (χ1v) is 8.66. The van der Waals surface area contributed by atoms with E-state index in [1.54, 1.807) is 0 Å². The van der Waals surface area contributed by atoms with Crippen LogP contribution in [0.4, 0.5) is 11.6 Å². The molecule has 3 rings (SSSR count). The highest BCUT2D eigenvalue weighted by Gasteiger charge is 2.22. The minimum absolute atomic E-state index is 0.153. The first kappa shape index (κ1) is 16.4. The Bertz CT molecular complexity index is 699. The number of anilines is 2. The second-order valence-corrected chi connectivity index (χ2v) is 6.30. The lowest BCUT2D eigenvalue weighted by Crippen LogP contribution is -2.39. The molecule has 1 amide bonds. The maximum absolute atomic E-state index is 12.3. The lowest BCUT2D eigenvalue weighted by Gasteiger charge is -2.35. The fraction of sp³-hybridized carbons (Fsp3) is 0.421. The number of hydrogen-bond acceptors (Lipinski definition) is 4. The third kappa shape index (κ3) is 3.55. The first-order chi connectivity index (χ1) is 11.7. The van der Waals surface area contributed by atoms with Crippen molar-refractivity contribution < 1.29 is 4.79 Å². The number of benzene rings is 1. The van der Waals surface area contributed by atoms with Gasteiger partial charge in [0.2, 0.25) is 0 Å². The van der Waals surface area contributed by atoms with Crippen LogP contribution in [0.2, 0.25) is 0 Å². The standard InChI is InChI=1S/C19H24N4O/c1-3-15-9-6-7-13-23(15)18-12-11-17(21-22-18)20-19(24)16-10-5-4-8-14(16)2/h4-5,8,10-12,15H,3,6-7,9,13H2,1-2H3,(H,20,21,24). The van der Waals surface area contributed by atoms with Crippen LogP contribution in [0.1, 0.15) is 48.5 Å². The Hall–Kier alpha value is -2.43. The minimum atomic E-state index is -0.153. The number of carbonyl (C=O) groups excluding carboxylic acids is 1. The number of nitrogens with one attached hydrogen (secondary N) is 1. The van der Waals surface area contributed by atoms with E-state index in [0.717, 1.165) is 24.3 Å². The van der Waals surface area contributed by atoms with Crippen LogP contribution in [-0.2, 0) is 0 Å². The Morgan fingerprint density at radius 2 is 2.04 bits per heavy atom. The van der Waals surface area contributed by atoms with Gasteiger partial charge >= 0.3 is 0 Å². The Morgan fingerprint density at radius 3 is 2.75 bits per heavy atom. The zero-order valence-electron chi connectivity index (χ0n) is 14.3. The monoisotopic (exact) mass is 324 g/mol. The lowest BCUT2D eigenvalue weighted by atomic mass is 10.0. The molecule has 126 valence electrons. The number of aromatic nitrogens is 2. The predicted molar refractivity (Wildman–Crippen MR) is 96.4 cm³/mol. The number of carbonyl (C=O) groups is 1. The molecule has 1 aromatic carbocycles. The summed E-state index contributed by atoms with van der Waals surface area (Å²) in [5.41, 5.74) is 1.60. The number of amides is 1. The molecule has 0 radical (unpaired) electrons. The summed E-state index contributed by atoms with van der Waals surface area (Å²) < 4.78 is 0. The number of aryl methyl sites for hydroxylation is 1. The second-order valence-electron chi connectivity index (χ2n) is 6.30. The highest BCUT2D eigenvalue weighted by molar-refractivity contribution is 6.04. The highest BCUT2D eigenvalue weighted by Crippen LogP contribution is 2.25. The molecule has 0 aliphatic carbocycles. The Balaban J connectivity index is 1.70. The molecule has 1 unspecified atom stereocenters. The van der Waals surface area contributed by atoms with Crippen LogP contribution in [0.25, 0.3) is 0 Å². The quantitative estimate of drug-likeness (QED) is 0.929. The number of nitrogens with zero attached hydrogens (tertiary/aromatic N) is 3. The molecule has 1 aliphatic heterocycles. The van der Waals surface area contributed by atoms with E-state index in [4.69, 9.17) is 0 Å². The lowest BCUT2D eigenvalue weighted by molar-refractivity contribution is 0.102. The molecule has 0 spiro atoms. The molecule has 1 N–H and O–H groups in total. The molecule has 1 saturated heterocycles. The summed E-state index contributed by atoms with van der Waals surface area (Å²) in [6, 6.07) is 11.8. The van der Waals surface area contributed by atoms with Crippen LogP contribution in [0.3, 0.4) is 0 Å². The van der Waals surface area contributed by atoms with Crippen molar-refractivity contribution in [1.82, 2.24) is 10.2 Å². The van der Waals surface area contributed by atoms with Crippen molar-refractivity contribution in [3.05, 3.63) is 47.5 Å². The van der Waals surface area contributed by atoms with Gasteiger partial charge in [-0.2, -0.15) is 0 Å². The Kier molecular flexibility index (Phi) is 5.08. The molecule has 2 heterocycles. The molecule has 1 atom stereocenters. The second kappa shape index (κ2) is 7.43. The van der Waals surface area contributed by atoms with Gasteiger partial charge in [-0.15, -0.1) is 10.2 Å². The Labute approximate surface area is 143 Å². The first-order valence-electron chi connectivity index (χ1n) is 8.66. The summed E-state index contributed by atoms with van der Waals surface area (Å²) in [4.78, 5) is 14.7. The van der Waals surface area contributed by atoms with E-state index in [2.05, 4.69) is 27.3 Å². The maximum atomic E-state index is 12.3. The summed E-state index contributed by atoms with van der Waals surface area (Å²) in [7, 11) is 0. The number of rotatable bonds is 4. The average molecular weight is 324 g/mol. The van der Waals surface area contributed by atoms with Crippen molar-refractivity contribution in [2.45, 2.75) is 45.6 Å². The van der Waals surface area contributed by atoms with E-state index < -0.39 is 0 Å². The van der Waals surface area contributed by atoms with Crippen molar-refractivity contribution in [2.24, 2.45) is 0 Å². The highest BCUT2D eigenvalue weighted by atomic mass is 16.1. The van der Waals surface area contributed by atoms with E-state index in [1.807, 2.05) is 43.3 Å². The molecule has 1 aliphatic rings. The van der Waals surface area contributed by atoms with Crippen molar-refractivity contribution in [3.63, 3.8) is 0 Å². The fourth-order valence-electron chi connectivity index (χ4n) is 3.28. The third-order valence-electron chi connectivity index (χ3n) is 4.67. The van der Waals surface area contributed by atoms with E-state index in [9.17, 15) is 4.79 Å². The largest absolute Gasteiger partial charge is 0.352 e. The summed E-state index contributed by atoms with van der Waals surface area (Å²) in [5, 5.41) is 11.3. The fourth-order valence-corrected chi connectivity index (χ4v) is 3.28. The van der Waals surface area contributed by atoms with Gasteiger partial charge in [-0.3, -0.25) is 4.79 Å². The zero-order chi connectivity index (χ0) is 16.9. The van der Waals surface area contributed by atoms with Crippen LogP contribution < -0.4 is 10.2 Å². The SMILES string of the molecule is CCC1CCCCN1c1ccc(NC(=O)c2ccccc2C)nn1. The van der Waals surface area contributed by atoms with Crippen LogP contribution >= 0.6 is 0 Å².